The van der Waals surface area contributed by atoms with E-state index in [1.165, 1.54) is 0 Å². The molecule has 1 atom stereocenters. The van der Waals surface area contributed by atoms with Gasteiger partial charge in [-0.05, 0) is 40.1 Å². The molecule has 0 spiro atoms. The van der Waals surface area contributed by atoms with Crippen LogP contribution in [0.15, 0.2) is 91.0 Å². The van der Waals surface area contributed by atoms with Crippen molar-refractivity contribution in [1.82, 2.24) is 5.32 Å². The number of nitrogens with one attached hydrogen (secondary N) is 1. The number of aromatic hydroxyl groups is 1. The maximum absolute atomic E-state index is 12.9. The summed E-state index contributed by atoms with van der Waals surface area (Å²) in [7, 11) is 1.61. The third-order valence-electron chi connectivity index (χ3n) is 5.20. The lowest BCUT2D eigenvalue weighted by molar-refractivity contribution is -0.120. The lowest BCUT2D eigenvalue weighted by Crippen LogP contribution is -2.30. The van der Waals surface area contributed by atoms with E-state index in [0.717, 1.165) is 27.6 Å². The number of carbonyl (C=O) groups excluding carboxylic acids is 1. The molecule has 4 rings (SSSR count). The Kier molecular flexibility index (Phi) is 5.66. The van der Waals surface area contributed by atoms with Gasteiger partial charge in [0.25, 0.3) is 0 Å². The minimum Gasteiger partial charge on any atom is -0.508 e. The highest BCUT2D eigenvalue weighted by molar-refractivity contribution is 5.89. The second-order valence-corrected chi connectivity index (χ2v) is 7.16. The van der Waals surface area contributed by atoms with E-state index in [9.17, 15) is 9.90 Å². The molecular weight excluding hydrogens is 374 g/mol. The minimum atomic E-state index is -0.469. The fourth-order valence-electron chi connectivity index (χ4n) is 3.70. The molecule has 0 aliphatic carbocycles. The van der Waals surface area contributed by atoms with E-state index in [1.807, 2.05) is 84.9 Å². The van der Waals surface area contributed by atoms with E-state index in [2.05, 4.69) is 5.32 Å². The van der Waals surface area contributed by atoms with Crippen LogP contribution >= 0.6 is 0 Å². The highest BCUT2D eigenvalue weighted by Gasteiger charge is 2.22. The van der Waals surface area contributed by atoms with Crippen LogP contribution in [0.3, 0.4) is 0 Å². The second kappa shape index (κ2) is 8.70. The molecule has 4 aromatic carbocycles. The van der Waals surface area contributed by atoms with Crippen LogP contribution in [-0.4, -0.2) is 18.1 Å². The van der Waals surface area contributed by atoms with Crippen LogP contribution in [0.25, 0.3) is 10.8 Å². The van der Waals surface area contributed by atoms with Gasteiger partial charge in [0.15, 0.2) is 0 Å². The molecule has 1 amide bonds. The number of ether oxygens (including phenoxy) is 1. The first-order valence-electron chi connectivity index (χ1n) is 9.83. The number of amides is 1. The molecular formula is C26H23NO3. The molecule has 1 unspecified atom stereocenters. The summed E-state index contributed by atoms with van der Waals surface area (Å²) in [5.74, 6) is 0.788. The average Bonchev–Trinajstić information content (AvgIpc) is 2.79. The van der Waals surface area contributed by atoms with Gasteiger partial charge in [0, 0.05) is 5.56 Å². The van der Waals surface area contributed by atoms with Gasteiger partial charge in [-0.3, -0.25) is 4.79 Å². The smallest absolute Gasteiger partial charge is 0.225 e. The van der Waals surface area contributed by atoms with Crippen LogP contribution in [-0.2, 0) is 11.2 Å². The van der Waals surface area contributed by atoms with E-state index in [1.54, 1.807) is 13.2 Å². The van der Waals surface area contributed by atoms with E-state index in [-0.39, 0.29) is 18.1 Å². The predicted molar refractivity (Wildman–Crippen MR) is 119 cm³/mol. The van der Waals surface area contributed by atoms with Gasteiger partial charge >= 0.3 is 0 Å². The van der Waals surface area contributed by atoms with Crippen LogP contribution < -0.4 is 10.1 Å². The van der Waals surface area contributed by atoms with Crippen LogP contribution in [0, 0.1) is 0 Å². The number of methoxy groups -OCH3 is 1. The first kappa shape index (κ1) is 19.5. The van der Waals surface area contributed by atoms with Gasteiger partial charge in [-0.15, -0.1) is 0 Å². The Balaban J connectivity index is 1.70. The largest absolute Gasteiger partial charge is 0.508 e. The Morgan fingerprint density at radius 1 is 0.900 bits per heavy atom. The molecule has 2 N–H and O–H groups in total. The maximum Gasteiger partial charge on any atom is 0.225 e. The highest BCUT2D eigenvalue weighted by atomic mass is 16.5. The van der Waals surface area contributed by atoms with E-state index in [0.29, 0.717) is 5.56 Å². The molecule has 0 aromatic heterocycles. The quantitative estimate of drug-likeness (QED) is 0.481. The molecule has 0 fully saturated rings. The number of carbonyl (C=O) groups is 1. The van der Waals surface area contributed by atoms with Crippen LogP contribution in [0.4, 0.5) is 0 Å². The topological polar surface area (TPSA) is 58.6 Å². The van der Waals surface area contributed by atoms with Crippen LogP contribution in [0.1, 0.15) is 22.7 Å². The molecule has 150 valence electrons. The van der Waals surface area contributed by atoms with Gasteiger partial charge in [0.2, 0.25) is 5.91 Å². The molecule has 4 aromatic rings. The number of hydrogen-bond acceptors (Lipinski definition) is 3. The molecule has 0 saturated carbocycles. The lowest BCUT2D eigenvalue weighted by Gasteiger charge is -2.23. The van der Waals surface area contributed by atoms with Crippen LogP contribution in [0.2, 0.25) is 0 Å². The standard InChI is InChI=1S/C26H23NO3/c1-30-21-14-11-18(12-15-21)17-24(29)27-26(20-8-3-2-4-9-20)25-22-10-6-5-7-19(22)13-16-23(25)28/h2-16,26,28H,17H2,1H3,(H,27,29). The molecule has 4 nitrogen and oxygen atoms in total. The third-order valence-corrected chi connectivity index (χ3v) is 5.20. The molecule has 0 radical (unpaired) electrons. The zero-order chi connectivity index (χ0) is 20.9. The van der Waals surface area contributed by atoms with Crippen molar-refractivity contribution in [2.45, 2.75) is 12.5 Å². The number of rotatable bonds is 6. The molecule has 0 aliphatic heterocycles. The lowest BCUT2D eigenvalue weighted by atomic mass is 9.92. The summed E-state index contributed by atoms with van der Waals surface area (Å²) in [6.45, 7) is 0. The van der Waals surface area contributed by atoms with E-state index in [4.69, 9.17) is 4.74 Å². The number of fused-ring (bicyclic) bond motifs is 1. The first-order valence-corrected chi connectivity index (χ1v) is 9.83. The van der Waals surface area contributed by atoms with Crippen molar-refractivity contribution in [2.75, 3.05) is 7.11 Å². The molecule has 0 saturated heterocycles. The summed E-state index contributed by atoms with van der Waals surface area (Å²) in [5, 5.41) is 15.8. The number of phenols is 1. The van der Waals surface area contributed by atoms with E-state index >= 15 is 0 Å². The Morgan fingerprint density at radius 2 is 1.60 bits per heavy atom. The van der Waals surface area contributed by atoms with Gasteiger partial charge in [0.1, 0.15) is 11.5 Å². The summed E-state index contributed by atoms with van der Waals surface area (Å²) >= 11 is 0. The zero-order valence-electron chi connectivity index (χ0n) is 16.7. The highest BCUT2D eigenvalue weighted by Crippen LogP contribution is 2.35. The third kappa shape index (κ3) is 4.13. The number of benzene rings is 4. The average molecular weight is 397 g/mol. The van der Waals surface area contributed by atoms with Crippen LogP contribution in [0.5, 0.6) is 11.5 Å². The van der Waals surface area contributed by atoms with Gasteiger partial charge in [-0.1, -0.05) is 72.8 Å². The van der Waals surface area contributed by atoms with Gasteiger partial charge in [0.05, 0.1) is 19.6 Å². The van der Waals surface area contributed by atoms with Crippen molar-refractivity contribution in [1.29, 1.82) is 0 Å². The summed E-state index contributed by atoms with van der Waals surface area (Å²) in [6, 6.07) is 28.1. The first-order chi connectivity index (χ1) is 14.7. The Morgan fingerprint density at radius 3 is 2.33 bits per heavy atom. The van der Waals surface area contributed by atoms with Crippen molar-refractivity contribution in [3.8, 4) is 11.5 Å². The predicted octanol–water partition coefficient (Wildman–Crippen LogP) is 5.00. The number of phenolic OH excluding ortho intramolecular Hbond substituents is 1. The van der Waals surface area contributed by atoms with Gasteiger partial charge in [-0.25, -0.2) is 0 Å². The van der Waals surface area contributed by atoms with Crippen molar-refractivity contribution in [3.05, 3.63) is 108 Å². The monoisotopic (exact) mass is 397 g/mol. The Hall–Kier alpha value is -3.79. The molecule has 0 aliphatic rings. The SMILES string of the molecule is COc1ccc(CC(=O)NC(c2ccccc2)c2c(O)ccc3ccccc23)cc1. The molecule has 30 heavy (non-hydrogen) atoms. The summed E-state index contributed by atoms with van der Waals surface area (Å²) < 4.78 is 5.18. The van der Waals surface area contributed by atoms with Crippen molar-refractivity contribution in [2.24, 2.45) is 0 Å². The molecule has 0 heterocycles. The van der Waals surface area contributed by atoms with E-state index < -0.39 is 6.04 Å². The van der Waals surface area contributed by atoms with Crippen molar-refractivity contribution in [3.63, 3.8) is 0 Å². The fraction of sp³-hybridized carbons (Fsp3) is 0.115. The Bertz CT molecular complexity index is 1150. The summed E-state index contributed by atoms with van der Waals surface area (Å²) in [6.07, 6.45) is 0.235. The zero-order valence-corrected chi connectivity index (χ0v) is 16.7. The summed E-state index contributed by atoms with van der Waals surface area (Å²) in [4.78, 5) is 12.9. The minimum absolute atomic E-state index is 0.124. The molecule has 4 heteroatoms. The Labute approximate surface area is 175 Å². The van der Waals surface area contributed by atoms with Crippen molar-refractivity contribution < 1.29 is 14.6 Å². The normalized spacial score (nSPS) is 11.8. The molecule has 0 bridgehead atoms. The maximum atomic E-state index is 12.9. The van der Waals surface area contributed by atoms with Gasteiger partial charge in [-0.2, -0.15) is 0 Å². The van der Waals surface area contributed by atoms with Gasteiger partial charge < -0.3 is 15.2 Å². The number of hydrogen-bond donors (Lipinski definition) is 2. The fourth-order valence-corrected chi connectivity index (χ4v) is 3.70. The van der Waals surface area contributed by atoms with Crippen molar-refractivity contribution >= 4 is 16.7 Å². The second-order valence-electron chi connectivity index (χ2n) is 7.16. The summed E-state index contributed by atoms with van der Waals surface area (Å²) in [5.41, 5.74) is 2.50.